The predicted octanol–water partition coefficient (Wildman–Crippen LogP) is 2.42. The van der Waals surface area contributed by atoms with Gasteiger partial charge in [0.05, 0.1) is 5.54 Å². The van der Waals surface area contributed by atoms with E-state index in [0.717, 1.165) is 31.4 Å². The van der Waals surface area contributed by atoms with Crippen LogP contribution < -0.4 is 5.32 Å². The summed E-state index contributed by atoms with van der Waals surface area (Å²) in [6.07, 6.45) is 6.73. The number of hydrogen-bond donors (Lipinski definition) is 1. The van der Waals surface area contributed by atoms with Gasteiger partial charge in [-0.05, 0) is 50.4 Å². The fourth-order valence-electron chi connectivity index (χ4n) is 2.49. The molecule has 0 saturated carbocycles. The lowest BCUT2D eigenvalue weighted by Gasteiger charge is -2.36. The Morgan fingerprint density at radius 1 is 1.35 bits per heavy atom. The summed E-state index contributed by atoms with van der Waals surface area (Å²) >= 11 is 0. The lowest BCUT2D eigenvalue weighted by Crippen LogP contribution is -2.57. The first-order valence-electron chi connectivity index (χ1n) is 6.51. The molecule has 1 N–H and O–H groups in total. The number of nitrogens with zero attached hydrogens (tertiary/aromatic N) is 2. The van der Waals surface area contributed by atoms with Gasteiger partial charge >= 0.3 is 0 Å². The summed E-state index contributed by atoms with van der Waals surface area (Å²) in [5.41, 5.74) is 0.722. The van der Waals surface area contributed by atoms with Crippen LogP contribution in [0, 0.1) is 0 Å². The molecule has 1 atom stereocenters. The third-order valence-corrected chi connectivity index (χ3v) is 3.61. The standard InChI is InChI=1S/C14H21N3O.2ClH/c1-14(7-3-4-8-16-14)13(18)17(2)11-12-5-9-15-10-6-12;;/h5-6,9-10,16H,3-4,7-8,11H2,1-2H3;2*1H. The summed E-state index contributed by atoms with van der Waals surface area (Å²) in [5.74, 6) is 0.180. The molecule has 6 heteroatoms. The molecule has 1 amide bonds. The molecule has 20 heavy (non-hydrogen) atoms. The Morgan fingerprint density at radius 2 is 2.00 bits per heavy atom. The number of piperidine rings is 1. The molecular formula is C14H23Cl2N3O. The Labute approximate surface area is 133 Å². The molecule has 0 spiro atoms. The fraction of sp³-hybridized carbons (Fsp3) is 0.571. The summed E-state index contributed by atoms with van der Waals surface area (Å²) in [4.78, 5) is 18.3. The number of likely N-dealkylation sites (N-methyl/N-ethyl adjacent to an activating group) is 1. The average molecular weight is 320 g/mol. The minimum Gasteiger partial charge on any atom is -0.340 e. The first kappa shape index (κ1) is 19.2. The Hall–Kier alpha value is -0.840. The molecule has 1 aromatic rings. The van der Waals surface area contributed by atoms with Gasteiger partial charge in [0, 0.05) is 26.0 Å². The molecule has 0 aromatic carbocycles. The zero-order valence-electron chi connectivity index (χ0n) is 12.0. The molecule has 1 fully saturated rings. The van der Waals surface area contributed by atoms with E-state index in [2.05, 4.69) is 10.3 Å². The van der Waals surface area contributed by atoms with Crippen LogP contribution in [0.1, 0.15) is 31.7 Å². The Bertz CT molecular complexity index is 408. The Morgan fingerprint density at radius 3 is 2.55 bits per heavy atom. The van der Waals surface area contributed by atoms with Gasteiger partial charge in [-0.1, -0.05) is 0 Å². The molecule has 0 aliphatic carbocycles. The van der Waals surface area contributed by atoms with E-state index in [9.17, 15) is 4.79 Å². The fourth-order valence-corrected chi connectivity index (χ4v) is 2.49. The zero-order chi connectivity index (χ0) is 13.0. The Balaban J connectivity index is 0.00000180. The minimum atomic E-state index is -0.389. The topological polar surface area (TPSA) is 45.2 Å². The maximum absolute atomic E-state index is 12.5. The summed E-state index contributed by atoms with van der Waals surface area (Å²) in [6.45, 7) is 3.58. The lowest BCUT2D eigenvalue weighted by atomic mass is 9.89. The molecule has 114 valence electrons. The van der Waals surface area contributed by atoms with Crippen LogP contribution in [-0.2, 0) is 11.3 Å². The first-order chi connectivity index (χ1) is 8.62. The van der Waals surface area contributed by atoms with Crippen LogP contribution in [0.2, 0.25) is 0 Å². The molecular weight excluding hydrogens is 297 g/mol. The molecule has 1 saturated heterocycles. The number of rotatable bonds is 3. The van der Waals surface area contributed by atoms with Crippen molar-refractivity contribution >= 4 is 30.7 Å². The quantitative estimate of drug-likeness (QED) is 0.930. The molecule has 0 radical (unpaired) electrons. The third-order valence-electron chi connectivity index (χ3n) is 3.61. The minimum absolute atomic E-state index is 0. The van der Waals surface area contributed by atoms with E-state index < -0.39 is 0 Å². The van der Waals surface area contributed by atoms with Gasteiger partial charge in [-0.2, -0.15) is 0 Å². The van der Waals surface area contributed by atoms with Gasteiger partial charge in [-0.3, -0.25) is 9.78 Å². The second-order valence-corrected chi connectivity index (χ2v) is 5.23. The van der Waals surface area contributed by atoms with Crippen molar-refractivity contribution < 1.29 is 4.79 Å². The van der Waals surface area contributed by atoms with Crippen LogP contribution in [0.25, 0.3) is 0 Å². The number of amides is 1. The van der Waals surface area contributed by atoms with E-state index >= 15 is 0 Å². The van der Waals surface area contributed by atoms with Crippen LogP contribution in [-0.4, -0.2) is 34.9 Å². The van der Waals surface area contributed by atoms with Crippen molar-refractivity contribution in [2.75, 3.05) is 13.6 Å². The van der Waals surface area contributed by atoms with Crippen molar-refractivity contribution in [2.45, 2.75) is 38.3 Å². The second kappa shape index (κ2) is 8.45. The van der Waals surface area contributed by atoms with Crippen LogP contribution in [0.4, 0.5) is 0 Å². The normalized spacial score (nSPS) is 21.3. The van der Waals surface area contributed by atoms with Gasteiger partial charge in [0.1, 0.15) is 0 Å². The highest BCUT2D eigenvalue weighted by molar-refractivity contribution is 5.86. The van der Waals surface area contributed by atoms with Crippen LogP contribution in [0.3, 0.4) is 0 Å². The summed E-state index contributed by atoms with van der Waals surface area (Å²) in [5, 5.41) is 3.36. The van der Waals surface area contributed by atoms with E-state index in [-0.39, 0.29) is 36.3 Å². The molecule has 1 aromatic heterocycles. The van der Waals surface area contributed by atoms with Crippen LogP contribution >= 0.6 is 24.8 Å². The van der Waals surface area contributed by atoms with Gasteiger partial charge in [0.15, 0.2) is 0 Å². The van der Waals surface area contributed by atoms with E-state index in [4.69, 9.17) is 0 Å². The number of hydrogen-bond acceptors (Lipinski definition) is 3. The van der Waals surface area contributed by atoms with Crippen LogP contribution in [0.5, 0.6) is 0 Å². The maximum atomic E-state index is 12.5. The van der Waals surface area contributed by atoms with Crippen LogP contribution in [0.15, 0.2) is 24.5 Å². The SMILES string of the molecule is CN(Cc1ccncc1)C(=O)C1(C)CCCCN1.Cl.Cl. The van der Waals surface area contributed by atoms with E-state index in [1.165, 1.54) is 0 Å². The molecule has 2 rings (SSSR count). The average Bonchev–Trinajstić information content (AvgIpc) is 2.40. The van der Waals surface area contributed by atoms with Crippen molar-refractivity contribution in [1.82, 2.24) is 15.2 Å². The highest BCUT2D eigenvalue weighted by Crippen LogP contribution is 2.21. The molecule has 1 unspecified atom stereocenters. The maximum Gasteiger partial charge on any atom is 0.242 e. The number of carbonyl (C=O) groups excluding carboxylic acids is 1. The highest BCUT2D eigenvalue weighted by Gasteiger charge is 2.36. The number of carbonyl (C=O) groups is 1. The summed E-state index contributed by atoms with van der Waals surface area (Å²) < 4.78 is 0. The molecule has 0 bridgehead atoms. The van der Waals surface area contributed by atoms with E-state index in [1.54, 1.807) is 17.3 Å². The molecule has 1 aliphatic heterocycles. The molecule has 2 heterocycles. The zero-order valence-corrected chi connectivity index (χ0v) is 13.6. The first-order valence-corrected chi connectivity index (χ1v) is 6.51. The van der Waals surface area contributed by atoms with Gasteiger partial charge in [0.2, 0.25) is 5.91 Å². The number of pyridine rings is 1. The summed E-state index contributed by atoms with van der Waals surface area (Å²) in [6, 6.07) is 3.89. The Kier molecular flexibility index (Phi) is 8.09. The van der Waals surface area contributed by atoms with Crippen molar-refractivity contribution in [1.29, 1.82) is 0 Å². The predicted molar refractivity (Wildman–Crippen MR) is 85.5 cm³/mol. The molecule has 1 aliphatic rings. The monoisotopic (exact) mass is 319 g/mol. The number of halogens is 2. The number of aromatic nitrogens is 1. The summed E-state index contributed by atoms with van der Waals surface area (Å²) in [7, 11) is 1.87. The van der Waals surface area contributed by atoms with Gasteiger partial charge < -0.3 is 10.2 Å². The van der Waals surface area contributed by atoms with Gasteiger partial charge in [-0.25, -0.2) is 0 Å². The molecule has 4 nitrogen and oxygen atoms in total. The van der Waals surface area contributed by atoms with E-state index in [1.807, 2.05) is 26.1 Å². The smallest absolute Gasteiger partial charge is 0.242 e. The van der Waals surface area contributed by atoms with Crippen molar-refractivity contribution in [2.24, 2.45) is 0 Å². The van der Waals surface area contributed by atoms with Crippen molar-refractivity contribution in [3.8, 4) is 0 Å². The van der Waals surface area contributed by atoms with E-state index in [0.29, 0.717) is 6.54 Å². The van der Waals surface area contributed by atoms with Crippen molar-refractivity contribution in [3.63, 3.8) is 0 Å². The number of nitrogens with one attached hydrogen (secondary N) is 1. The second-order valence-electron chi connectivity index (χ2n) is 5.23. The van der Waals surface area contributed by atoms with Crippen molar-refractivity contribution in [3.05, 3.63) is 30.1 Å². The largest absolute Gasteiger partial charge is 0.340 e. The highest BCUT2D eigenvalue weighted by atomic mass is 35.5. The lowest BCUT2D eigenvalue weighted by molar-refractivity contribution is -0.137. The van der Waals surface area contributed by atoms with Gasteiger partial charge in [0.25, 0.3) is 0 Å². The van der Waals surface area contributed by atoms with Gasteiger partial charge in [-0.15, -0.1) is 24.8 Å². The third kappa shape index (κ3) is 4.62.